The number of nitrogens with zero attached hydrogens (tertiary/aromatic N) is 1. The predicted octanol–water partition coefficient (Wildman–Crippen LogP) is 5.42. The summed E-state index contributed by atoms with van der Waals surface area (Å²) in [5.41, 5.74) is -1.59. The van der Waals surface area contributed by atoms with E-state index in [0.717, 1.165) is 24.3 Å². The third kappa shape index (κ3) is 4.25. The Morgan fingerprint density at radius 1 is 1.00 bits per heavy atom. The summed E-state index contributed by atoms with van der Waals surface area (Å²) in [4.78, 5) is 16.2. The van der Waals surface area contributed by atoms with Gasteiger partial charge in [-0.3, -0.25) is 4.79 Å². The van der Waals surface area contributed by atoms with Crippen LogP contribution < -0.4 is 10.1 Å². The lowest BCUT2D eigenvalue weighted by Crippen LogP contribution is -2.15. The number of anilines is 1. The van der Waals surface area contributed by atoms with Crippen molar-refractivity contribution in [1.29, 1.82) is 0 Å². The van der Waals surface area contributed by atoms with E-state index in [-0.39, 0.29) is 11.3 Å². The summed E-state index contributed by atoms with van der Waals surface area (Å²) in [5, 5.41) is 2.20. The van der Waals surface area contributed by atoms with Crippen molar-refractivity contribution >= 4 is 11.6 Å². The summed E-state index contributed by atoms with van der Waals surface area (Å²) in [6.45, 7) is 0. The second-order valence-corrected chi connectivity index (χ2v) is 5.53. The maximum atomic E-state index is 13.7. The molecule has 0 saturated heterocycles. The standard InChI is InChI=1S/C19H11F5N2O2/c20-11-7-8-15(14(21)10-11)26-17(27)12-4-3-9-25-18(12)28-16-6-2-1-5-13(16)19(22,23)24/h1-10H,(H,26,27). The third-order valence-corrected chi connectivity index (χ3v) is 3.59. The number of benzene rings is 2. The number of amides is 1. The van der Waals surface area contributed by atoms with E-state index in [1.807, 2.05) is 0 Å². The highest BCUT2D eigenvalue weighted by atomic mass is 19.4. The van der Waals surface area contributed by atoms with Gasteiger partial charge in [0.15, 0.2) is 0 Å². The van der Waals surface area contributed by atoms with Crippen molar-refractivity contribution in [2.45, 2.75) is 6.18 Å². The second-order valence-electron chi connectivity index (χ2n) is 5.53. The minimum absolute atomic E-state index is 0.233. The average molecular weight is 394 g/mol. The molecule has 2 aromatic carbocycles. The Morgan fingerprint density at radius 3 is 2.46 bits per heavy atom. The topological polar surface area (TPSA) is 51.2 Å². The largest absolute Gasteiger partial charge is 0.438 e. The number of pyridine rings is 1. The van der Waals surface area contributed by atoms with E-state index < -0.39 is 40.9 Å². The molecule has 1 aromatic heterocycles. The van der Waals surface area contributed by atoms with Crippen LogP contribution in [0.15, 0.2) is 60.8 Å². The maximum absolute atomic E-state index is 13.7. The summed E-state index contributed by atoms with van der Waals surface area (Å²) in [6.07, 6.45) is -3.45. The zero-order valence-electron chi connectivity index (χ0n) is 13.9. The number of ether oxygens (including phenoxy) is 1. The van der Waals surface area contributed by atoms with Crippen LogP contribution in [0, 0.1) is 11.6 Å². The third-order valence-electron chi connectivity index (χ3n) is 3.59. The molecule has 0 bridgehead atoms. The first-order valence-corrected chi connectivity index (χ1v) is 7.81. The molecule has 0 aliphatic rings. The molecule has 9 heteroatoms. The SMILES string of the molecule is O=C(Nc1ccc(F)cc1F)c1cccnc1Oc1ccccc1C(F)(F)F. The van der Waals surface area contributed by atoms with E-state index in [9.17, 15) is 26.7 Å². The Morgan fingerprint density at radius 2 is 1.75 bits per heavy atom. The van der Waals surface area contributed by atoms with Gasteiger partial charge in [-0.05, 0) is 36.4 Å². The van der Waals surface area contributed by atoms with Gasteiger partial charge in [0.05, 0.1) is 11.3 Å². The molecule has 0 radical (unpaired) electrons. The highest BCUT2D eigenvalue weighted by molar-refractivity contribution is 6.05. The van der Waals surface area contributed by atoms with Crippen molar-refractivity contribution in [2.75, 3.05) is 5.32 Å². The molecule has 0 aliphatic heterocycles. The van der Waals surface area contributed by atoms with Crippen LogP contribution >= 0.6 is 0 Å². The summed E-state index contributed by atoms with van der Waals surface area (Å²) in [7, 11) is 0. The Bertz CT molecular complexity index is 1020. The fourth-order valence-corrected chi connectivity index (χ4v) is 2.32. The number of hydrogen-bond acceptors (Lipinski definition) is 3. The molecule has 144 valence electrons. The van der Waals surface area contributed by atoms with Crippen molar-refractivity contribution in [3.05, 3.63) is 83.6 Å². The van der Waals surface area contributed by atoms with Gasteiger partial charge in [0.1, 0.15) is 22.9 Å². The van der Waals surface area contributed by atoms with Gasteiger partial charge in [-0.25, -0.2) is 13.8 Å². The molecule has 28 heavy (non-hydrogen) atoms. The first kappa shape index (κ1) is 19.3. The van der Waals surface area contributed by atoms with Gasteiger partial charge in [-0.2, -0.15) is 13.2 Å². The molecular weight excluding hydrogens is 383 g/mol. The Kier molecular flexibility index (Phi) is 5.25. The van der Waals surface area contributed by atoms with Crippen LogP contribution in [-0.2, 0) is 6.18 Å². The Labute approximate surface area is 155 Å². The molecule has 0 saturated carbocycles. The highest BCUT2D eigenvalue weighted by Crippen LogP contribution is 2.38. The van der Waals surface area contributed by atoms with E-state index in [1.165, 1.54) is 30.5 Å². The normalized spacial score (nSPS) is 11.2. The Hall–Kier alpha value is -3.49. The van der Waals surface area contributed by atoms with Crippen LogP contribution in [-0.4, -0.2) is 10.9 Å². The number of rotatable bonds is 4. The monoisotopic (exact) mass is 394 g/mol. The number of hydrogen-bond donors (Lipinski definition) is 1. The minimum atomic E-state index is -4.68. The Balaban J connectivity index is 1.91. The van der Waals surface area contributed by atoms with Crippen LogP contribution in [0.2, 0.25) is 0 Å². The van der Waals surface area contributed by atoms with Crippen molar-refractivity contribution in [3.8, 4) is 11.6 Å². The van der Waals surface area contributed by atoms with E-state index in [1.54, 1.807) is 0 Å². The molecule has 1 amide bonds. The van der Waals surface area contributed by atoms with Gasteiger partial charge >= 0.3 is 6.18 Å². The lowest BCUT2D eigenvalue weighted by Gasteiger charge is -2.14. The zero-order valence-corrected chi connectivity index (χ0v) is 13.9. The summed E-state index contributed by atoms with van der Waals surface area (Å²) in [5.74, 6) is -3.68. The summed E-state index contributed by atoms with van der Waals surface area (Å²) < 4.78 is 71.3. The number of halogens is 5. The first-order chi connectivity index (χ1) is 13.3. The number of alkyl halides is 3. The smallest absolute Gasteiger partial charge is 0.419 e. The minimum Gasteiger partial charge on any atom is -0.438 e. The molecule has 0 atom stereocenters. The molecule has 0 unspecified atom stereocenters. The number of carbonyl (C=O) groups is 1. The molecular formula is C19H11F5N2O2. The summed E-state index contributed by atoms with van der Waals surface area (Å²) >= 11 is 0. The predicted molar refractivity (Wildman–Crippen MR) is 90.1 cm³/mol. The number of aromatic nitrogens is 1. The van der Waals surface area contributed by atoms with Crippen molar-refractivity contribution in [3.63, 3.8) is 0 Å². The lowest BCUT2D eigenvalue weighted by molar-refractivity contribution is -0.138. The highest BCUT2D eigenvalue weighted by Gasteiger charge is 2.34. The van der Waals surface area contributed by atoms with Crippen LogP contribution in [0.4, 0.5) is 27.6 Å². The van der Waals surface area contributed by atoms with Gasteiger partial charge in [0.2, 0.25) is 5.88 Å². The molecule has 0 spiro atoms. The van der Waals surface area contributed by atoms with Gasteiger partial charge in [0, 0.05) is 12.3 Å². The van der Waals surface area contributed by atoms with E-state index in [2.05, 4.69) is 10.3 Å². The van der Waals surface area contributed by atoms with E-state index in [4.69, 9.17) is 4.74 Å². The maximum Gasteiger partial charge on any atom is 0.419 e. The van der Waals surface area contributed by atoms with Crippen LogP contribution in [0.3, 0.4) is 0 Å². The molecule has 0 fully saturated rings. The van der Waals surface area contributed by atoms with E-state index >= 15 is 0 Å². The fraction of sp³-hybridized carbons (Fsp3) is 0.0526. The van der Waals surface area contributed by atoms with Crippen LogP contribution in [0.5, 0.6) is 11.6 Å². The summed E-state index contributed by atoms with van der Waals surface area (Å²) in [6, 6.07) is 9.58. The molecule has 1 heterocycles. The average Bonchev–Trinajstić information content (AvgIpc) is 2.64. The van der Waals surface area contributed by atoms with Gasteiger partial charge < -0.3 is 10.1 Å². The molecule has 3 aromatic rings. The van der Waals surface area contributed by atoms with Crippen LogP contribution in [0.1, 0.15) is 15.9 Å². The number of nitrogens with one attached hydrogen (secondary N) is 1. The van der Waals surface area contributed by atoms with Crippen LogP contribution in [0.25, 0.3) is 0 Å². The van der Waals surface area contributed by atoms with Gasteiger partial charge in [-0.15, -0.1) is 0 Å². The quantitative estimate of drug-likeness (QED) is 0.601. The molecule has 4 nitrogen and oxygen atoms in total. The van der Waals surface area contributed by atoms with Crippen molar-refractivity contribution in [1.82, 2.24) is 4.98 Å². The molecule has 0 aliphatic carbocycles. The van der Waals surface area contributed by atoms with Crippen molar-refractivity contribution < 1.29 is 31.5 Å². The molecule has 3 rings (SSSR count). The second kappa shape index (κ2) is 7.63. The number of para-hydroxylation sites is 1. The van der Waals surface area contributed by atoms with E-state index in [0.29, 0.717) is 6.07 Å². The lowest BCUT2D eigenvalue weighted by atomic mass is 10.2. The van der Waals surface area contributed by atoms with Gasteiger partial charge in [-0.1, -0.05) is 12.1 Å². The molecule has 1 N–H and O–H groups in total. The van der Waals surface area contributed by atoms with Gasteiger partial charge in [0.25, 0.3) is 5.91 Å². The zero-order chi connectivity index (χ0) is 20.3. The number of carbonyl (C=O) groups excluding carboxylic acids is 1. The fourth-order valence-electron chi connectivity index (χ4n) is 2.32. The first-order valence-electron chi connectivity index (χ1n) is 7.81. The van der Waals surface area contributed by atoms with Crippen molar-refractivity contribution in [2.24, 2.45) is 0 Å².